The number of fused-ring (bicyclic) bond motifs is 1. The van der Waals surface area contributed by atoms with Crippen molar-refractivity contribution in [2.24, 2.45) is 0 Å². The number of rotatable bonds is 6. The molecule has 120 valence electrons. The maximum absolute atomic E-state index is 12.1. The van der Waals surface area contributed by atoms with E-state index in [-0.39, 0.29) is 5.75 Å². The van der Waals surface area contributed by atoms with Crippen LogP contribution in [-0.2, 0) is 16.4 Å². The van der Waals surface area contributed by atoms with E-state index in [9.17, 15) is 8.42 Å². The molecule has 23 heavy (non-hydrogen) atoms. The van der Waals surface area contributed by atoms with E-state index in [0.717, 1.165) is 11.3 Å². The molecule has 2 aromatic heterocycles. The number of aromatic nitrogens is 2. The first kappa shape index (κ1) is 16.0. The van der Waals surface area contributed by atoms with Gasteiger partial charge in [-0.2, -0.15) is 0 Å². The molecule has 0 saturated carbocycles. The number of halogens is 1. The average Bonchev–Trinajstić information content (AvgIpc) is 2.94. The standard InChI is InChI=1S/C16H16ClN3O2S/c17-13-6-7-16-19-14(12-20(16)11-13)10-18-8-9-23(21,22)15-4-2-1-3-5-15/h1-7,11-12,18H,8-10H2. The van der Waals surface area contributed by atoms with Gasteiger partial charge in [-0.25, -0.2) is 13.4 Å². The van der Waals surface area contributed by atoms with Gasteiger partial charge < -0.3 is 9.72 Å². The predicted octanol–water partition coefficient (Wildman–Crippen LogP) is 2.55. The van der Waals surface area contributed by atoms with Crippen LogP contribution in [0.1, 0.15) is 5.69 Å². The van der Waals surface area contributed by atoms with Crippen LogP contribution < -0.4 is 5.32 Å². The third-order valence-electron chi connectivity index (χ3n) is 3.42. The van der Waals surface area contributed by atoms with Gasteiger partial charge in [0.15, 0.2) is 9.84 Å². The molecule has 0 aliphatic heterocycles. The number of benzene rings is 1. The summed E-state index contributed by atoms with van der Waals surface area (Å²) >= 11 is 5.93. The Kier molecular flexibility index (Phi) is 4.66. The smallest absolute Gasteiger partial charge is 0.179 e. The maximum Gasteiger partial charge on any atom is 0.179 e. The number of imidazole rings is 1. The zero-order valence-electron chi connectivity index (χ0n) is 12.3. The second-order valence-electron chi connectivity index (χ2n) is 5.15. The van der Waals surface area contributed by atoms with Crippen LogP contribution in [0.5, 0.6) is 0 Å². The van der Waals surface area contributed by atoms with Crippen molar-refractivity contribution in [1.82, 2.24) is 14.7 Å². The zero-order valence-corrected chi connectivity index (χ0v) is 13.9. The third kappa shape index (κ3) is 3.90. The number of nitrogens with one attached hydrogen (secondary N) is 1. The highest BCUT2D eigenvalue weighted by atomic mass is 35.5. The zero-order chi connectivity index (χ0) is 16.3. The van der Waals surface area contributed by atoms with Crippen molar-refractivity contribution in [2.45, 2.75) is 11.4 Å². The van der Waals surface area contributed by atoms with E-state index >= 15 is 0 Å². The van der Waals surface area contributed by atoms with Gasteiger partial charge in [0.2, 0.25) is 0 Å². The Morgan fingerprint density at radius 2 is 1.87 bits per heavy atom. The van der Waals surface area contributed by atoms with Crippen molar-refractivity contribution in [3.63, 3.8) is 0 Å². The van der Waals surface area contributed by atoms with Crippen LogP contribution in [0.3, 0.4) is 0 Å². The summed E-state index contributed by atoms with van der Waals surface area (Å²) < 4.78 is 26.1. The number of hydrogen-bond acceptors (Lipinski definition) is 4. The topological polar surface area (TPSA) is 63.5 Å². The van der Waals surface area contributed by atoms with Crippen LogP contribution in [0.4, 0.5) is 0 Å². The van der Waals surface area contributed by atoms with Gasteiger partial charge in [-0.1, -0.05) is 29.8 Å². The van der Waals surface area contributed by atoms with E-state index in [1.165, 1.54) is 0 Å². The summed E-state index contributed by atoms with van der Waals surface area (Å²) in [5.41, 5.74) is 1.65. The minimum atomic E-state index is -3.25. The van der Waals surface area contributed by atoms with Gasteiger partial charge in [-0.05, 0) is 24.3 Å². The second kappa shape index (κ2) is 6.70. The molecular weight excluding hydrogens is 334 g/mol. The van der Waals surface area contributed by atoms with Crippen molar-refractivity contribution in [3.05, 3.63) is 65.6 Å². The molecule has 3 aromatic rings. The lowest BCUT2D eigenvalue weighted by molar-refractivity contribution is 0.590. The van der Waals surface area contributed by atoms with Crippen molar-refractivity contribution < 1.29 is 8.42 Å². The molecule has 1 N–H and O–H groups in total. The molecule has 1 aromatic carbocycles. The molecule has 0 fully saturated rings. The van der Waals surface area contributed by atoms with E-state index in [1.807, 2.05) is 16.7 Å². The van der Waals surface area contributed by atoms with Crippen LogP contribution in [0.25, 0.3) is 5.65 Å². The summed E-state index contributed by atoms with van der Waals surface area (Å²) in [5, 5.41) is 3.76. The van der Waals surface area contributed by atoms with Gasteiger partial charge in [-0.15, -0.1) is 0 Å². The first-order valence-corrected chi connectivity index (χ1v) is 9.19. The number of sulfone groups is 1. The Hall–Kier alpha value is -1.89. The predicted molar refractivity (Wildman–Crippen MR) is 90.4 cm³/mol. The molecule has 0 unspecified atom stereocenters. The molecule has 0 spiro atoms. The van der Waals surface area contributed by atoms with Crippen LogP contribution >= 0.6 is 11.6 Å². The van der Waals surface area contributed by atoms with Gasteiger partial charge in [0.05, 0.1) is 21.4 Å². The van der Waals surface area contributed by atoms with Crippen molar-refractivity contribution in [3.8, 4) is 0 Å². The van der Waals surface area contributed by atoms with Gasteiger partial charge in [-0.3, -0.25) is 0 Å². The monoisotopic (exact) mass is 349 g/mol. The normalized spacial score (nSPS) is 11.9. The summed E-state index contributed by atoms with van der Waals surface area (Å²) in [6.07, 6.45) is 3.66. The number of nitrogens with zero attached hydrogens (tertiary/aromatic N) is 2. The maximum atomic E-state index is 12.1. The summed E-state index contributed by atoms with van der Waals surface area (Å²) in [5.74, 6) is 0.0518. The molecule has 2 heterocycles. The van der Waals surface area contributed by atoms with Gasteiger partial charge in [0.1, 0.15) is 5.65 Å². The molecule has 0 bridgehead atoms. The molecular formula is C16H16ClN3O2S. The molecule has 7 heteroatoms. The fraction of sp³-hybridized carbons (Fsp3) is 0.188. The molecule has 0 atom stereocenters. The van der Waals surface area contributed by atoms with Crippen molar-refractivity contribution >= 4 is 27.1 Å². The average molecular weight is 350 g/mol. The Morgan fingerprint density at radius 3 is 2.65 bits per heavy atom. The summed E-state index contributed by atoms with van der Waals surface area (Å²) in [4.78, 5) is 4.79. The van der Waals surface area contributed by atoms with Crippen LogP contribution in [-0.4, -0.2) is 30.1 Å². The first-order chi connectivity index (χ1) is 11.0. The van der Waals surface area contributed by atoms with E-state index in [1.54, 1.807) is 42.6 Å². The largest absolute Gasteiger partial charge is 0.310 e. The minimum absolute atomic E-state index is 0.0518. The summed E-state index contributed by atoms with van der Waals surface area (Å²) in [6.45, 7) is 0.871. The van der Waals surface area contributed by atoms with E-state index in [0.29, 0.717) is 23.0 Å². The Morgan fingerprint density at radius 1 is 1.09 bits per heavy atom. The highest BCUT2D eigenvalue weighted by Gasteiger charge is 2.13. The summed E-state index contributed by atoms with van der Waals surface area (Å²) in [7, 11) is -3.25. The fourth-order valence-electron chi connectivity index (χ4n) is 2.27. The lowest BCUT2D eigenvalue weighted by Crippen LogP contribution is -2.22. The lowest BCUT2D eigenvalue weighted by Gasteiger charge is -2.05. The molecule has 0 saturated heterocycles. The third-order valence-corrected chi connectivity index (χ3v) is 5.38. The summed E-state index contributed by atoms with van der Waals surface area (Å²) in [6, 6.07) is 12.1. The molecule has 0 aliphatic rings. The van der Waals surface area contributed by atoms with Crippen LogP contribution in [0.15, 0.2) is 59.8 Å². The SMILES string of the molecule is O=S(=O)(CCNCc1cn2cc(Cl)ccc2n1)c1ccccc1. The van der Waals surface area contributed by atoms with Crippen LogP contribution in [0, 0.1) is 0 Å². The molecule has 3 rings (SSSR count). The molecule has 5 nitrogen and oxygen atoms in total. The van der Waals surface area contributed by atoms with Gasteiger partial charge in [0.25, 0.3) is 0 Å². The second-order valence-corrected chi connectivity index (χ2v) is 7.70. The first-order valence-electron chi connectivity index (χ1n) is 7.16. The van der Waals surface area contributed by atoms with Gasteiger partial charge >= 0.3 is 0 Å². The van der Waals surface area contributed by atoms with Crippen molar-refractivity contribution in [2.75, 3.05) is 12.3 Å². The van der Waals surface area contributed by atoms with Gasteiger partial charge in [0, 0.05) is 25.5 Å². The minimum Gasteiger partial charge on any atom is -0.310 e. The fourth-order valence-corrected chi connectivity index (χ4v) is 3.66. The highest BCUT2D eigenvalue weighted by molar-refractivity contribution is 7.91. The number of hydrogen-bond donors (Lipinski definition) is 1. The Bertz CT molecular complexity index is 907. The van der Waals surface area contributed by atoms with E-state index < -0.39 is 9.84 Å². The Balaban J connectivity index is 1.57. The molecule has 0 radical (unpaired) electrons. The number of pyridine rings is 1. The van der Waals surface area contributed by atoms with E-state index in [4.69, 9.17) is 11.6 Å². The molecule has 0 aliphatic carbocycles. The van der Waals surface area contributed by atoms with Crippen LogP contribution in [0.2, 0.25) is 5.02 Å². The lowest BCUT2D eigenvalue weighted by atomic mass is 10.4. The van der Waals surface area contributed by atoms with Crippen molar-refractivity contribution in [1.29, 1.82) is 0 Å². The quantitative estimate of drug-likeness (QED) is 0.695. The van der Waals surface area contributed by atoms with E-state index in [2.05, 4.69) is 10.3 Å². The highest BCUT2D eigenvalue weighted by Crippen LogP contribution is 2.12. The Labute approximate surface area is 139 Å². The molecule has 0 amide bonds.